The summed E-state index contributed by atoms with van der Waals surface area (Å²) in [4.78, 5) is 40.0. The van der Waals surface area contributed by atoms with Crippen molar-refractivity contribution < 1.29 is 32.4 Å². The van der Waals surface area contributed by atoms with Gasteiger partial charge in [0.15, 0.2) is 5.11 Å². The highest BCUT2D eigenvalue weighted by Crippen LogP contribution is 2.35. The number of nitro benzene ring substituents is 1. The van der Waals surface area contributed by atoms with Crippen molar-refractivity contribution in [3.63, 3.8) is 0 Å². The summed E-state index contributed by atoms with van der Waals surface area (Å²) in [7, 11) is 0. The predicted molar refractivity (Wildman–Crippen MR) is 159 cm³/mol. The van der Waals surface area contributed by atoms with E-state index in [1.165, 1.54) is 9.80 Å². The number of amides is 2. The normalized spacial score (nSPS) is 15.0. The van der Waals surface area contributed by atoms with Crippen molar-refractivity contribution in [2.24, 2.45) is 0 Å². The number of alkyl halides is 3. The molecule has 1 aliphatic rings. The number of nitro groups is 1. The minimum Gasteiger partial charge on any atom is -0.494 e. The van der Waals surface area contributed by atoms with Crippen LogP contribution in [-0.4, -0.2) is 52.5 Å². The average molecular weight is 616 g/mol. The SMILES string of the molecule is CCCOc1ccc(NC(=O)CC2C(=O)N(c3ccccc3)C(=S)N2CCNc2ccc(C(F)(F)F)cc2[N+](=O)[O-])cc1. The molecule has 2 amide bonds. The van der Waals surface area contributed by atoms with E-state index >= 15 is 0 Å². The molecule has 3 aromatic rings. The fourth-order valence-corrected chi connectivity index (χ4v) is 4.88. The third-order valence-electron chi connectivity index (χ3n) is 6.51. The Hall–Kier alpha value is -4.72. The summed E-state index contributed by atoms with van der Waals surface area (Å²) in [6, 6.07) is 16.6. The zero-order valence-electron chi connectivity index (χ0n) is 23.0. The molecule has 0 spiro atoms. The molecule has 14 heteroatoms. The van der Waals surface area contributed by atoms with E-state index in [0.29, 0.717) is 29.8 Å². The molecule has 3 aromatic carbocycles. The van der Waals surface area contributed by atoms with E-state index in [1.54, 1.807) is 54.6 Å². The Morgan fingerprint density at radius 2 is 1.79 bits per heavy atom. The van der Waals surface area contributed by atoms with E-state index in [2.05, 4.69) is 10.6 Å². The lowest BCUT2D eigenvalue weighted by molar-refractivity contribution is -0.384. The van der Waals surface area contributed by atoms with Gasteiger partial charge in [0.2, 0.25) is 5.91 Å². The summed E-state index contributed by atoms with van der Waals surface area (Å²) < 4.78 is 44.8. The fourth-order valence-electron chi connectivity index (χ4n) is 4.46. The Kier molecular flexibility index (Phi) is 9.80. The second kappa shape index (κ2) is 13.5. The lowest BCUT2D eigenvalue weighted by Gasteiger charge is -2.24. The lowest BCUT2D eigenvalue weighted by Crippen LogP contribution is -2.40. The summed E-state index contributed by atoms with van der Waals surface area (Å²) in [6.45, 7) is 2.54. The van der Waals surface area contributed by atoms with Gasteiger partial charge in [-0.05, 0) is 67.2 Å². The van der Waals surface area contributed by atoms with Gasteiger partial charge in [-0.2, -0.15) is 13.2 Å². The van der Waals surface area contributed by atoms with Crippen molar-refractivity contribution >= 4 is 51.9 Å². The van der Waals surface area contributed by atoms with Gasteiger partial charge in [-0.3, -0.25) is 24.6 Å². The molecule has 0 bridgehead atoms. The average Bonchev–Trinajstić information content (AvgIpc) is 3.20. The molecule has 0 radical (unpaired) electrons. The molecule has 1 aliphatic heterocycles. The van der Waals surface area contributed by atoms with Gasteiger partial charge in [0.1, 0.15) is 17.5 Å². The van der Waals surface area contributed by atoms with Crippen LogP contribution in [0.25, 0.3) is 0 Å². The molecule has 1 saturated heterocycles. The van der Waals surface area contributed by atoms with E-state index in [-0.39, 0.29) is 30.3 Å². The highest BCUT2D eigenvalue weighted by atomic mass is 32.1. The molecule has 4 rings (SSSR count). The third-order valence-corrected chi connectivity index (χ3v) is 6.93. The van der Waals surface area contributed by atoms with Gasteiger partial charge < -0.3 is 20.3 Å². The van der Waals surface area contributed by atoms with E-state index in [0.717, 1.165) is 18.6 Å². The first kappa shape index (κ1) is 31.2. The fraction of sp³-hybridized carbons (Fsp3) is 0.276. The second-order valence-electron chi connectivity index (χ2n) is 9.54. The van der Waals surface area contributed by atoms with Crippen molar-refractivity contribution in [3.05, 3.63) is 88.5 Å². The Balaban J connectivity index is 1.50. The van der Waals surface area contributed by atoms with E-state index in [1.807, 2.05) is 6.92 Å². The number of halogens is 3. The molecule has 2 N–H and O–H groups in total. The van der Waals surface area contributed by atoms with Crippen LogP contribution in [0.4, 0.5) is 35.9 Å². The summed E-state index contributed by atoms with van der Waals surface area (Å²) in [5.41, 5.74) is -1.02. The van der Waals surface area contributed by atoms with Crippen LogP contribution in [0.1, 0.15) is 25.3 Å². The number of anilines is 3. The van der Waals surface area contributed by atoms with Crippen molar-refractivity contribution in [2.45, 2.75) is 32.0 Å². The van der Waals surface area contributed by atoms with Crippen molar-refractivity contribution in [3.8, 4) is 5.75 Å². The molecule has 1 heterocycles. The van der Waals surface area contributed by atoms with E-state index < -0.39 is 40.2 Å². The van der Waals surface area contributed by atoms with Crippen molar-refractivity contribution in [2.75, 3.05) is 35.2 Å². The number of hydrogen-bond donors (Lipinski definition) is 2. The maximum Gasteiger partial charge on any atom is 0.416 e. The molecule has 1 unspecified atom stereocenters. The number of thiocarbonyl (C=S) groups is 1. The zero-order valence-corrected chi connectivity index (χ0v) is 23.8. The second-order valence-corrected chi connectivity index (χ2v) is 9.90. The molecule has 1 fully saturated rings. The number of benzene rings is 3. The number of carbonyl (C=O) groups excluding carboxylic acids is 2. The van der Waals surface area contributed by atoms with Gasteiger partial charge in [-0.1, -0.05) is 25.1 Å². The monoisotopic (exact) mass is 615 g/mol. The number of para-hydroxylation sites is 1. The van der Waals surface area contributed by atoms with Crippen molar-refractivity contribution in [1.82, 2.24) is 4.90 Å². The van der Waals surface area contributed by atoms with Gasteiger partial charge >= 0.3 is 6.18 Å². The molecular formula is C29H28F3N5O5S. The molecule has 0 aliphatic carbocycles. The number of nitrogens with one attached hydrogen (secondary N) is 2. The summed E-state index contributed by atoms with van der Waals surface area (Å²) in [6.07, 6.45) is -4.15. The van der Waals surface area contributed by atoms with Crippen molar-refractivity contribution in [1.29, 1.82) is 0 Å². The highest BCUT2D eigenvalue weighted by Gasteiger charge is 2.44. The Morgan fingerprint density at radius 3 is 2.42 bits per heavy atom. The van der Waals surface area contributed by atoms with Crippen LogP contribution >= 0.6 is 12.2 Å². The zero-order chi connectivity index (χ0) is 31.1. The van der Waals surface area contributed by atoms with Crippen LogP contribution in [0.5, 0.6) is 5.75 Å². The Labute approximate surface area is 250 Å². The van der Waals surface area contributed by atoms with Crippen LogP contribution in [0.2, 0.25) is 0 Å². The molecular weight excluding hydrogens is 587 g/mol. The van der Waals surface area contributed by atoms with Crippen LogP contribution in [0.3, 0.4) is 0 Å². The molecule has 10 nitrogen and oxygen atoms in total. The van der Waals surface area contributed by atoms with Gasteiger partial charge in [-0.25, -0.2) is 0 Å². The minimum absolute atomic E-state index is 0.0213. The molecule has 43 heavy (non-hydrogen) atoms. The minimum atomic E-state index is -4.75. The standard InChI is InChI=1S/C29H28F3N5O5S/c1-2-16-42-22-11-9-20(10-12-22)34-26(38)18-25-27(39)36(21-6-4-3-5-7-21)28(43)35(25)15-14-33-23-13-8-19(29(30,31)32)17-24(23)37(40)41/h3-13,17,25,33H,2,14-16,18H2,1H3,(H,34,38). The largest absolute Gasteiger partial charge is 0.494 e. The maximum absolute atomic E-state index is 13.6. The summed E-state index contributed by atoms with van der Waals surface area (Å²) >= 11 is 5.61. The maximum atomic E-state index is 13.6. The molecule has 0 saturated carbocycles. The van der Waals surface area contributed by atoms with Gasteiger partial charge in [0.25, 0.3) is 11.6 Å². The Morgan fingerprint density at radius 1 is 1.09 bits per heavy atom. The third kappa shape index (κ3) is 7.57. The number of nitrogens with zero attached hydrogens (tertiary/aromatic N) is 3. The number of hydrogen-bond acceptors (Lipinski definition) is 7. The smallest absolute Gasteiger partial charge is 0.416 e. The highest BCUT2D eigenvalue weighted by molar-refractivity contribution is 7.80. The molecule has 0 aromatic heterocycles. The quantitative estimate of drug-likeness (QED) is 0.148. The van der Waals surface area contributed by atoms with E-state index in [9.17, 15) is 32.9 Å². The topological polar surface area (TPSA) is 117 Å². The molecule has 1 atom stereocenters. The van der Waals surface area contributed by atoms with Gasteiger partial charge in [0, 0.05) is 24.8 Å². The number of rotatable bonds is 12. The van der Waals surface area contributed by atoms with Gasteiger partial charge in [0.05, 0.1) is 29.2 Å². The first-order valence-corrected chi connectivity index (χ1v) is 13.7. The number of ether oxygens (including phenoxy) is 1. The van der Waals surface area contributed by atoms with Crippen LogP contribution < -0.4 is 20.3 Å². The first-order chi connectivity index (χ1) is 20.5. The molecule has 226 valence electrons. The Bertz CT molecular complexity index is 1490. The predicted octanol–water partition coefficient (Wildman–Crippen LogP) is 5.85. The van der Waals surface area contributed by atoms with E-state index in [4.69, 9.17) is 17.0 Å². The lowest BCUT2D eigenvalue weighted by atomic mass is 10.1. The van der Waals surface area contributed by atoms with Crippen LogP contribution in [0, 0.1) is 10.1 Å². The summed E-state index contributed by atoms with van der Waals surface area (Å²) in [5.74, 6) is -0.230. The summed E-state index contributed by atoms with van der Waals surface area (Å²) in [5, 5.41) is 17.1. The van der Waals surface area contributed by atoms with Crippen LogP contribution in [-0.2, 0) is 15.8 Å². The van der Waals surface area contributed by atoms with Crippen LogP contribution in [0.15, 0.2) is 72.8 Å². The number of carbonyl (C=O) groups is 2. The first-order valence-electron chi connectivity index (χ1n) is 13.3. The van der Waals surface area contributed by atoms with Gasteiger partial charge in [-0.15, -0.1) is 0 Å².